The number of ether oxygens (including phenoxy) is 2. The summed E-state index contributed by atoms with van der Waals surface area (Å²) in [4.78, 5) is 14.4. The number of nitrogens with zero attached hydrogens (tertiary/aromatic N) is 5. The molecule has 13 heteroatoms. The number of likely N-dealkylation sites (tertiary alicyclic amines) is 1. The van der Waals surface area contributed by atoms with Crippen molar-refractivity contribution in [2.24, 2.45) is 5.92 Å². The number of halogens is 1. The predicted molar refractivity (Wildman–Crippen MR) is 175 cm³/mol. The zero-order valence-electron chi connectivity index (χ0n) is 28.2. The lowest BCUT2D eigenvalue weighted by Crippen LogP contribution is -2.43. The van der Waals surface area contributed by atoms with E-state index in [-0.39, 0.29) is 18.2 Å². The molecule has 0 radical (unpaired) electrons. The van der Waals surface area contributed by atoms with Crippen LogP contribution in [0.4, 0.5) is 4.79 Å². The van der Waals surface area contributed by atoms with Crippen LogP contribution in [0.25, 0.3) is 10.9 Å². The molecule has 3 aromatic rings. The summed E-state index contributed by atoms with van der Waals surface area (Å²) in [6.45, 7) is 15.9. The molecule has 250 valence electrons. The van der Waals surface area contributed by atoms with Crippen molar-refractivity contribution in [3.8, 4) is 0 Å². The molecular weight excluding hydrogens is 609 g/mol. The van der Waals surface area contributed by atoms with Crippen LogP contribution in [0.15, 0.2) is 16.7 Å². The first-order valence-corrected chi connectivity index (χ1v) is 17.0. The molecule has 3 aliphatic rings. The monoisotopic (exact) mass is 655 g/mol. The molecule has 11 nitrogen and oxygen atoms in total. The fourth-order valence-electron chi connectivity index (χ4n) is 6.53. The Hall–Kier alpha value is -2.67. The lowest BCUT2D eigenvalue weighted by atomic mass is 9.73. The molecular formula is C33H47BClN5O6. The highest BCUT2D eigenvalue weighted by Crippen LogP contribution is 2.39. The van der Waals surface area contributed by atoms with Crippen LogP contribution in [-0.2, 0) is 38.0 Å². The van der Waals surface area contributed by atoms with Gasteiger partial charge in [0, 0.05) is 42.9 Å². The number of aryl methyl sites for hydroxylation is 1. The van der Waals surface area contributed by atoms with Gasteiger partial charge in [0.05, 0.1) is 22.9 Å². The summed E-state index contributed by atoms with van der Waals surface area (Å²) in [5.41, 5.74) is 1.13. The second-order valence-electron chi connectivity index (χ2n) is 14.9. The Bertz CT molecular complexity index is 1540. The third-order valence-electron chi connectivity index (χ3n) is 9.65. The van der Waals surface area contributed by atoms with E-state index in [0.717, 1.165) is 60.6 Å². The Morgan fingerprint density at radius 3 is 2.50 bits per heavy atom. The van der Waals surface area contributed by atoms with Gasteiger partial charge in [0.25, 0.3) is 0 Å². The standard InChI is InChI=1S/C33H47BClN5O6/c1-31(2,3)44-30(41)39-15-10-11-21(20-39)17-27-38-37-26(43-27)14-13-22-24(35)18-25-23(19-36-40(25)28-12-8-9-16-42-28)29(22)34-45-32(4,5)33(6,7)46-34/h18-19,21,28H,8-17,20H2,1-7H3/t21-,28?/m0/s1. The van der Waals surface area contributed by atoms with Crippen molar-refractivity contribution >= 4 is 41.2 Å². The average molecular weight is 656 g/mol. The second kappa shape index (κ2) is 12.7. The van der Waals surface area contributed by atoms with Crippen LogP contribution in [0.1, 0.15) is 104 Å². The van der Waals surface area contributed by atoms with Gasteiger partial charge in [-0.3, -0.25) is 0 Å². The molecule has 3 aliphatic heterocycles. The van der Waals surface area contributed by atoms with Crippen LogP contribution in [0.2, 0.25) is 5.02 Å². The van der Waals surface area contributed by atoms with E-state index >= 15 is 0 Å². The zero-order chi connectivity index (χ0) is 32.9. The summed E-state index contributed by atoms with van der Waals surface area (Å²) in [5.74, 6) is 1.34. The SMILES string of the molecule is CC(C)(C)OC(=O)N1CCC[C@@H](Cc2nnc(CCc3c(Cl)cc4c(cnn4C4CCCCO4)c3B3OC(C)(C)C(C)(C)O3)o2)C1. The zero-order valence-corrected chi connectivity index (χ0v) is 29.0. The van der Waals surface area contributed by atoms with Crippen LogP contribution in [0, 0.1) is 5.92 Å². The van der Waals surface area contributed by atoms with Gasteiger partial charge >= 0.3 is 13.2 Å². The van der Waals surface area contributed by atoms with Crippen molar-refractivity contribution in [1.82, 2.24) is 24.9 Å². The van der Waals surface area contributed by atoms with Crippen molar-refractivity contribution < 1.29 is 28.0 Å². The third-order valence-corrected chi connectivity index (χ3v) is 9.99. The van der Waals surface area contributed by atoms with E-state index < -0.39 is 23.9 Å². The molecule has 0 N–H and O–H groups in total. The highest BCUT2D eigenvalue weighted by atomic mass is 35.5. The summed E-state index contributed by atoms with van der Waals surface area (Å²) in [6, 6.07) is 1.98. The number of fused-ring (bicyclic) bond motifs is 1. The molecule has 0 spiro atoms. The Labute approximate surface area is 276 Å². The van der Waals surface area contributed by atoms with Gasteiger partial charge in [0.15, 0.2) is 6.23 Å². The van der Waals surface area contributed by atoms with E-state index in [1.54, 1.807) is 4.90 Å². The predicted octanol–water partition coefficient (Wildman–Crippen LogP) is 6.05. The highest BCUT2D eigenvalue weighted by Gasteiger charge is 2.53. The maximum Gasteiger partial charge on any atom is 0.495 e. The normalized spacial score (nSPS) is 23.3. The van der Waals surface area contributed by atoms with Crippen molar-refractivity contribution in [3.63, 3.8) is 0 Å². The van der Waals surface area contributed by atoms with Gasteiger partial charge in [-0.05, 0) is 110 Å². The molecule has 1 amide bonds. The van der Waals surface area contributed by atoms with Gasteiger partial charge in [-0.25, -0.2) is 9.48 Å². The van der Waals surface area contributed by atoms with E-state index in [2.05, 4.69) is 10.2 Å². The van der Waals surface area contributed by atoms with Crippen LogP contribution < -0.4 is 5.46 Å². The Morgan fingerprint density at radius 2 is 1.80 bits per heavy atom. The molecule has 2 aromatic heterocycles. The van der Waals surface area contributed by atoms with Crippen LogP contribution in [0.3, 0.4) is 0 Å². The third kappa shape index (κ3) is 6.95. The highest BCUT2D eigenvalue weighted by molar-refractivity contribution is 6.66. The maximum atomic E-state index is 12.6. The number of carbonyl (C=O) groups excluding carboxylic acids is 1. The van der Waals surface area contributed by atoms with Crippen LogP contribution >= 0.6 is 11.6 Å². The number of piperidine rings is 1. The average Bonchev–Trinajstić information content (AvgIpc) is 3.66. The van der Waals surface area contributed by atoms with Gasteiger partial charge in [0.1, 0.15) is 5.60 Å². The molecule has 1 unspecified atom stereocenters. The molecule has 0 saturated carbocycles. The minimum absolute atomic E-state index is 0.128. The van der Waals surface area contributed by atoms with E-state index in [1.165, 1.54) is 0 Å². The topological polar surface area (TPSA) is 114 Å². The minimum Gasteiger partial charge on any atom is -0.444 e. The number of aromatic nitrogens is 4. The van der Waals surface area contributed by atoms with E-state index in [1.807, 2.05) is 65.4 Å². The summed E-state index contributed by atoms with van der Waals surface area (Å²) in [5, 5.41) is 15.0. The number of carbonyl (C=O) groups is 1. The molecule has 0 bridgehead atoms. The molecule has 1 aromatic carbocycles. The minimum atomic E-state index is -0.622. The first-order chi connectivity index (χ1) is 21.7. The number of hydrogen-bond donors (Lipinski definition) is 0. The lowest BCUT2D eigenvalue weighted by Gasteiger charge is -2.33. The number of rotatable bonds is 7. The van der Waals surface area contributed by atoms with Gasteiger partial charge in [-0.2, -0.15) is 5.10 Å². The fraction of sp³-hybridized carbons (Fsp3) is 0.697. The van der Waals surface area contributed by atoms with Gasteiger partial charge in [0.2, 0.25) is 11.8 Å². The fourth-order valence-corrected chi connectivity index (χ4v) is 6.83. The summed E-state index contributed by atoms with van der Waals surface area (Å²) in [6.07, 6.45) is 8.10. The molecule has 3 saturated heterocycles. The number of hydrogen-bond acceptors (Lipinski definition) is 9. The Balaban J connectivity index is 1.21. The van der Waals surface area contributed by atoms with Crippen molar-refractivity contribution in [3.05, 3.63) is 34.6 Å². The summed E-state index contributed by atoms with van der Waals surface area (Å²) in [7, 11) is -0.622. The summed E-state index contributed by atoms with van der Waals surface area (Å²) >= 11 is 7.07. The number of amides is 1. The van der Waals surface area contributed by atoms with Crippen LogP contribution in [0.5, 0.6) is 0 Å². The van der Waals surface area contributed by atoms with Gasteiger partial charge < -0.3 is 28.1 Å². The van der Waals surface area contributed by atoms with Crippen molar-refractivity contribution in [1.29, 1.82) is 0 Å². The van der Waals surface area contributed by atoms with Gasteiger partial charge in [-0.15, -0.1) is 10.2 Å². The molecule has 0 aliphatic carbocycles. The van der Waals surface area contributed by atoms with Crippen LogP contribution in [-0.4, -0.2) is 74.6 Å². The molecule has 3 fully saturated rings. The van der Waals surface area contributed by atoms with E-state index in [4.69, 9.17) is 39.9 Å². The smallest absolute Gasteiger partial charge is 0.444 e. The number of benzene rings is 1. The Morgan fingerprint density at radius 1 is 1.07 bits per heavy atom. The van der Waals surface area contributed by atoms with Crippen molar-refractivity contribution in [2.45, 2.75) is 123 Å². The first-order valence-electron chi connectivity index (χ1n) is 16.7. The largest absolute Gasteiger partial charge is 0.495 e. The quantitative estimate of drug-likeness (QED) is 0.281. The Kier molecular flexibility index (Phi) is 9.21. The molecule has 5 heterocycles. The van der Waals surface area contributed by atoms with Crippen molar-refractivity contribution in [2.75, 3.05) is 19.7 Å². The first kappa shape index (κ1) is 33.2. The lowest BCUT2D eigenvalue weighted by molar-refractivity contribution is -0.0366. The van der Waals surface area contributed by atoms with E-state index in [0.29, 0.717) is 49.2 Å². The molecule has 6 rings (SSSR count). The summed E-state index contributed by atoms with van der Waals surface area (Å²) < 4.78 is 32.9. The maximum absolute atomic E-state index is 12.6. The van der Waals surface area contributed by atoms with E-state index in [9.17, 15) is 4.79 Å². The second-order valence-corrected chi connectivity index (χ2v) is 15.3. The van der Waals surface area contributed by atoms with Gasteiger partial charge in [-0.1, -0.05) is 11.6 Å². The molecule has 46 heavy (non-hydrogen) atoms. The molecule has 2 atom stereocenters.